The molecule has 1 saturated carbocycles. The van der Waals surface area contributed by atoms with Crippen molar-refractivity contribution in [1.29, 1.82) is 0 Å². The van der Waals surface area contributed by atoms with Crippen LogP contribution in [0.4, 0.5) is 5.82 Å². The number of rotatable bonds is 4. The zero-order valence-electron chi connectivity index (χ0n) is 14.3. The summed E-state index contributed by atoms with van der Waals surface area (Å²) in [5.74, 6) is 2.37. The molecule has 1 aliphatic heterocycles. The molecule has 0 radical (unpaired) electrons. The second kappa shape index (κ2) is 6.38. The lowest BCUT2D eigenvalue weighted by Gasteiger charge is -2.34. The fourth-order valence-corrected chi connectivity index (χ4v) is 4.60. The molecule has 1 aromatic carbocycles. The molecule has 132 valence electrons. The molecule has 0 spiro atoms. The molecular weight excluding hydrogens is 336 g/mol. The van der Waals surface area contributed by atoms with E-state index in [2.05, 4.69) is 9.88 Å². The van der Waals surface area contributed by atoms with Crippen LogP contribution in [0.5, 0.6) is 0 Å². The zero-order valence-corrected chi connectivity index (χ0v) is 15.1. The lowest BCUT2D eigenvalue weighted by Crippen LogP contribution is -2.49. The number of piperazine rings is 1. The Balaban J connectivity index is 1.48. The first kappa shape index (κ1) is 16.5. The molecule has 6 nitrogen and oxygen atoms in total. The molecule has 2 fully saturated rings. The Hall–Kier alpha value is -1.99. The van der Waals surface area contributed by atoms with Crippen molar-refractivity contribution in [3.8, 4) is 0 Å². The van der Waals surface area contributed by atoms with Gasteiger partial charge in [-0.15, -0.1) is 0 Å². The van der Waals surface area contributed by atoms with Crippen molar-refractivity contribution in [3.05, 3.63) is 47.9 Å². The number of anilines is 1. The van der Waals surface area contributed by atoms with Crippen LogP contribution >= 0.6 is 0 Å². The smallest absolute Gasteiger partial charge is 0.243 e. The van der Waals surface area contributed by atoms with Crippen molar-refractivity contribution in [3.63, 3.8) is 0 Å². The van der Waals surface area contributed by atoms with Crippen LogP contribution in [0, 0.1) is 6.92 Å². The molecule has 1 aromatic heterocycles. The highest BCUT2D eigenvalue weighted by Gasteiger charge is 2.30. The predicted molar refractivity (Wildman–Crippen MR) is 96.2 cm³/mol. The summed E-state index contributed by atoms with van der Waals surface area (Å²) in [6.07, 6.45) is 2.35. The van der Waals surface area contributed by atoms with Gasteiger partial charge in [-0.25, -0.2) is 18.4 Å². The van der Waals surface area contributed by atoms with E-state index in [1.54, 1.807) is 28.6 Å². The third kappa shape index (κ3) is 3.39. The molecule has 0 atom stereocenters. The fraction of sp³-hybridized carbons (Fsp3) is 0.444. The number of nitrogens with zero attached hydrogens (tertiary/aromatic N) is 4. The van der Waals surface area contributed by atoms with E-state index in [9.17, 15) is 8.42 Å². The van der Waals surface area contributed by atoms with Crippen LogP contribution < -0.4 is 4.90 Å². The Morgan fingerprint density at radius 2 is 1.68 bits per heavy atom. The second-order valence-corrected chi connectivity index (χ2v) is 8.64. The van der Waals surface area contributed by atoms with Crippen molar-refractivity contribution >= 4 is 15.8 Å². The van der Waals surface area contributed by atoms with Gasteiger partial charge in [0.2, 0.25) is 10.0 Å². The van der Waals surface area contributed by atoms with Gasteiger partial charge in [0.05, 0.1) is 4.90 Å². The van der Waals surface area contributed by atoms with Gasteiger partial charge >= 0.3 is 0 Å². The highest BCUT2D eigenvalue weighted by atomic mass is 32.2. The van der Waals surface area contributed by atoms with Crippen LogP contribution in [0.1, 0.15) is 30.3 Å². The van der Waals surface area contributed by atoms with E-state index in [0.29, 0.717) is 37.0 Å². The summed E-state index contributed by atoms with van der Waals surface area (Å²) >= 11 is 0. The maximum Gasteiger partial charge on any atom is 0.243 e. The summed E-state index contributed by atoms with van der Waals surface area (Å²) in [5.41, 5.74) is 0.978. The number of sulfonamides is 1. The van der Waals surface area contributed by atoms with Crippen molar-refractivity contribution in [2.24, 2.45) is 0 Å². The van der Waals surface area contributed by atoms with Crippen LogP contribution in [0.2, 0.25) is 0 Å². The lowest BCUT2D eigenvalue weighted by molar-refractivity contribution is 0.383. The molecule has 0 N–H and O–H groups in total. The Bertz CT molecular complexity index is 858. The van der Waals surface area contributed by atoms with Crippen LogP contribution in [-0.4, -0.2) is 48.9 Å². The number of benzene rings is 1. The Kier molecular flexibility index (Phi) is 4.21. The van der Waals surface area contributed by atoms with Crippen LogP contribution in [0.3, 0.4) is 0 Å². The monoisotopic (exact) mass is 358 g/mol. The molecule has 7 heteroatoms. The summed E-state index contributed by atoms with van der Waals surface area (Å²) in [4.78, 5) is 11.8. The zero-order chi connectivity index (χ0) is 17.4. The van der Waals surface area contributed by atoms with Gasteiger partial charge in [0.25, 0.3) is 0 Å². The first-order chi connectivity index (χ1) is 12.0. The van der Waals surface area contributed by atoms with E-state index in [1.807, 2.05) is 19.1 Å². The number of hydrogen-bond acceptors (Lipinski definition) is 5. The first-order valence-corrected chi connectivity index (χ1v) is 10.1. The molecular formula is C18H22N4O2S. The maximum absolute atomic E-state index is 12.7. The number of aromatic nitrogens is 2. The topological polar surface area (TPSA) is 66.4 Å². The molecule has 2 heterocycles. The minimum atomic E-state index is -3.41. The van der Waals surface area contributed by atoms with E-state index < -0.39 is 10.0 Å². The SMILES string of the molecule is Cc1cc(N2CCN(S(=O)(=O)c3ccccc3)CC2)nc(C2CC2)n1. The van der Waals surface area contributed by atoms with Crippen molar-refractivity contribution in [1.82, 2.24) is 14.3 Å². The predicted octanol–water partition coefficient (Wildman–Crippen LogP) is 2.17. The summed E-state index contributed by atoms with van der Waals surface area (Å²) in [5, 5.41) is 0. The highest BCUT2D eigenvalue weighted by molar-refractivity contribution is 7.89. The second-order valence-electron chi connectivity index (χ2n) is 6.70. The van der Waals surface area contributed by atoms with Gasteiger partial charge in [-0.3, -0.25) is 0 Å². The Labute approximate surface area is 148 Å². The van der Waals surface area contributed by atoms with Gasteiger partial charge in [-0.05, 0) is 31.9 Å². The van der Waals surface area contributed by atoms with Crippen molar-refractivity contribution in [2.45, 2.75) is 30.6 Å². The van der Waals surface area contributed by atoms with Crippen LogP contribution in [0.25, 0.3) is 0 Å². The molecule has 1 saturated heterocycles. The van der Waals surface area contributed by atoms with Gasteiger partial charge in [0.15, 0.2) is 0 Å². The summed E-state index contributed by atoms with van der Waals surface area (Å²) in [7, 11) is -3.41. The molecule has 2 aromatic rings. The first-order valence-electron chi connectivity index (χ1n) is 8.70. The largest absolute Gasteiger partial charge is 0.354 e. The Morgan fingerprint density at radius 1 is 1.00 bits per heavy atom. The minimum absolute atomic E-state index is 0.359. The number of aryl methyl sites for hydroxylation is 1. The highest BCUT2D eigenvalue weighted by Crippen LogP contribution is 2.38. The summed E-state index contributed by atoms with van der Waals surface area (Å²) in [6, 6.07) is 10.6. The molecule has 0 unspecified atom stereocenters. The third-order valence-electron chi connectivity index (χ3n) is 4.74. The van der Waals surface area contributed by atoms with Gasteiger partial charge in [0.1, 0.15) is 11.6 Å². The van der Waals surface area contributed by atoms with E-state index in [1.165, 1.54) is 12.8 Å². The van der Waals surface area contributed by atoms with Gasteiger partial charge in [0, 0.05) is 43.9 Å². The van der Waals surface area contributed by atoms with Crippen molar-refractivity contribution < 1.29 is 8.42 Å². The van der Waals surface area contributed by atoms with Gasteiger partial charge in [-0.1, -0.05) is 18.2 Å². The average molecular weight is 358 g/mol. The summed E-state index contributed by atoms with van der Waals surface area (Å²) in [6.45, 7) is 4.23. The maximum atomic E-state index is 12.7. The van der Waals surface area contributed by atoms with E-state index in [4.69, 9.17) is 4.98 Å². The fourth-order valence-electron chi connectivity index (χ4n) is 3.16. The average Bonchev–Trinajstić information content (AvgIpc) is 3.47. The van der Waals surface area contributed by atoms with E-state index in [-0.39, 0.29) is 0 Å². The van der Waals surface area contributed by atoms with Gasteiger partial charge < -0.3 is 4.90 Å². The molecule has 0 amide bonds. The molecule has 25 heavy (non-hydrogen) atoms. The lowest BCUT2D eigenvalue weighted by atomic mass is 10.3. The molecule has 0 bridgehead atoms. The minimum Gasteiger partial charge on any atom is -0.354 e. The molecule has 1 aliphatic carbocycles. The standard InChI is InChI=1S/C18H22N4O2S/c1-14-13-17(20-18(19-14)15-7-8-15)21-9-11-22(12-10-21)25(23,24)16-5-3-2-4-6-16/h2-6,13,15H,7-12H2,1H3. The van der Waals surface area contributed by atoms with E-state index in [0.717, 1.165) is 17.3 Å². The van der Waals surface area contributed by atoms with Crippen LogP contribution in [-0.2, 0) is 10.0 Å². The quantitative estimate of drug-likeness (QED) is 0.838. The van der Waals surface area contributed by atoms with Crippen LogP contribution in [0.15, 0.2) is 41.3 Å². The van der Waals surface area contributed by atoms with E-state index >= 15 is 0 Å². The molecule has 2 aliphatic rings. The van der Waals surface area contributed by atoms with Gasteiger partial charge in [-0.2, -0.15) is 4.31 Å². The third-order valence-corrected chi connectivity index (χ3v) is 6.66. The van der Waals surface area contributed by atoms with Crippen molar-refractivity contribution in [2.75, 3.05) is 31.1 Å². The number of hydrogen-bond donors (Lipinski definition) is 0. The summed E-state index contributed by atoms with van der Waals surface area (Å²) < 4.78 is 27.0. The molecule has 4 rings (SSSR count). The normalized spacial score (nSPS) is 19.2. The Morgan fingerprint density at radius 3 is 2.32 bits per heavy atom.